The number of nitrogens with one attached hydrogen (secondary N) is 1. The van der Waals surface area contributed by atoms with Gasteiger partial charge in [-0.2, -0.15) is 0 Å². The van der Waals surface area contributed by atoms with E-state index in [1.165, 1.54) is 12.1 Å². The van der Waals surface area contributed by atoms with Gasteiger partial charge >= 0.3 is 0 Å². The third-order valence-corrected chi connectivity index (χ3v) is 2.22. The van der Waals surface area contributed by atoms with E-state index in [1.54, 1.807) is 0 Å². The predicted octanol–water partition coefficient (Wildman–Crippen LogP) is 3.29. The van der Waals surface area contributed by atoms with Crippen LogP contribution in [-0.2, 0) is 6.42 Å². The number of halogens is 2. The molecule has 0 aliphatic heterocycles. The Hall–Kier alpha value is -0.960. The van der Waals surface area contributed by atoms with E-state index in [-0.39, 0.29) is 5.54 Å². The van der Waals surface area contributed by atoms with Crippen LogP contribution in [0.15, 0.2) is 18.2 Å². The Labute approximate surface area is 95.9 Å². The smallest absolute Gasteiger partial charge is 0.126 e. The summed E-state index contributed by atoms with van der Waals surface area (Å²) in [5, 5.41) is 3.33. The SMILES string of the molecule is CC(C)(C)NCCCc1cc(F)cc(F)c1. The average molecular weight is 227 g/mol. The molecule has 0 saturated heterocycles. The minimum absolute atomic E-state index is 0.0905. The molecule has 1 N–H and O–H groups in total. The van der Waals surface area contributed by atoms with Crippen LogP contribution in [0, 0.1) is 11.6 Å². The molecule has 0 aromatic heterocycles. The third-order valence-electron chi connectivity index (χ3n) is 2.22. The summed E-state index contributed by atoms with van der Waals surface area (Å²) in [6, 6.07) is 3.68. The summed E-state index contributed by atoms with van der Waals surface area (Å²) in [5.41, 5.74) is 0.806. The van der Waals surface area contributed by atoms with E-state index in [0.29, 0.717) is 12.0 Å². The van der Waals surface area contributed by atoms with E-state index in [9.17, 15) is 8.78 Å². The third kappa shape index (κ3) is 5.21. The minimum Gasteiger partial charge on any atom is -0.312 e. The maximum atomic E-state index is 12.9. The van der Waals surface area contributed by atoms with Crippen LogP contribution >= 0.6 is 0 Å². The van der Waals surface area contributed by atoms with Crippen LogP contribution in [0.4, 0.5) is 8.78 Å². The van der Waals surface area contributed by atoms with Gasteiger partial charge in [0.05, 0.1) is 0 Å². The molecule has 0 unspecified atom stereocenters. The summed E-state index contributed by atoms with van der Waals surface area (Å²) in [5.74, 6) is -1.00. The van der Waals surface area contributed by atoms with Crippen molar-refractivity contribution in [2.75, 3.05) is 6.54 Å². The first-order valence-corrected chi connectivity index (χ1v) is 5.57. The summed E-state index contributed by atoms with van der Waals surface area (Å²) < 4.78 is 25.7. The van der Waals surface area contributed by atoms with Crippen molar-refractivity contribution in [3.05, 3.63) is 35.4 Å². The largest absolute Gasteiger partial charge is 0.312 e. The monoisotopic (exact) mass is 227 g/mol. The molecule has 1 aromatic rings. The molecule has 0 amide bonds. The van der Waals surface area contributed by atoms with Crippen LogP contribution in [0.2, 0.25) is 0 Å². The lowest BCUT2D eigenvalue weighted by atomic mass is 10.1. The van der Waals surface area contributed by atoms with E-state index in [1.807, 2.05) is 0 Å². The molecule has 0 fully saturated rings. The quantitative estimate of drug-likeness (QED) is 0.778. The lowest BCUT2D eigenvalue weighted by Gasteiger charge is -2.20. The summed E-state index contributed by atoms with van der Waals surface area (Å²) in [6.45, 7) is 7.13. The number of benzene rings is 1. The molecule has 90 valence electrons. The molecule has 0 aliphatic carbocycles. The van der Waals surface area contributed by atoms with Gasteiger partial charge in [-0.1, -0.05) is 0 Å². The lowest BCUT2D eigenvalue weighted by Crippen LogP contribution is -2.36. The van der Waals surface area contributed by atoms with Gasteiger partial charge in [-0.05, 0) is 57.9 Å². The summed E-state index contributed by atoms with van der Waals surface area (Å²) >= 11 is 0. The minimum atomic E-state index is -0.501. The van der Waals surface area contributed by atoms with E-state index in [2.05, 4.69) is 26.1 Å². The van der Waals surface area contributed by atoms with Gasteiger partial charge in [0.25, 0.3) is 0 Å². The van der Waals surface area contributed by atoms with Crippen molar-refractivity contribution < 1.29 is 8.78 Å². The van der Waals surface area contributed by atoms with Crippen LogP contribution in [0.25, 0.3) is 0 Å². The van der Waals surface area contributed by atoms with E-state index in [0.717, 1.165) is 19.0 Å². The number of aryl methyl sites for hydroxylation is 1. The molecular weight excluding hydrogens is 208 g/mol. The molecule has 0 saturated carbocycles. The molecule has 0 bridgehead atoms. The van der Waals surface area contributed by atoms with Gasteiger partial charge in [0.1, 0.15) is 11.6 Å². The van der Waals surface area contributed by atoms with Gasteiger partial charge in [-0.15, -0.1) is 0 Å². The molecule has 1 rings (SSSR count). The van der Waals surface area contributed by atoms with Crippen molar-refractivity contribution in [1.29, 1.82) is 0 Å². The van der Waals surface area contributed by atoms with Crippen LogP contribution in [0.5, 0.6) is 0 Å². The maximum absolute atomic E-state index is 12.9. The molecule has 16 heavy (non-hydrogen) atoms. The van der Waals surface area contributed by atoms with Gasteiger partial charge in [-0.3, -0.25) is 0 Å². The zero-order valence-electron chi connectivity index (χ0n) is 10.1. The first-order valence-electron chi connectivity index (χ1n) is 5.57. The molecule has 1 aromatic carbocycles. The molecule has 0 heterocycles. The Morgan fingerprint density at radius 2 is 1.62 bits per heavy atom. The Bertz CT molecular complexity index is 322. The van der Waals surface area contributed by atoms with Crippen molar-refractivity contribution >= 4 is 0 Å². The summed E-state index contributed by atoms with van der Waals surface area (Å²) in [7, 11) is 0. The molecule has 3 heteroatoms. The van der Waals surface area contributed by atoms with E-state index >= 15 is 0 Å². The highest BCUT2D eigenvalue weighted by atomic mass is 19.1. The second kappa shape index (κ2) is 5.39. The second-order valence-electron chi connectivity index (χ2n) is 5.06. The molecule has 0 spiro atoms. The fraction of sp³-hybridized carbons (Fsp3) is 0.538. The standard InChI is InChI=1S/C13H19F2N/c1-13(2,3)16-6-4-5-10-7-11(14)9-12(15)8-10/h7-9,16H,4-6H2,1-3H3. The fourth-order valence-corrected chi connectivity index (χ4v) is 1.51. The van der Waals surface area contributed by atoms with Gasteiger partial charge in [-0.25, -0.2) is 8.78 Å². The van der Waals surface area contributed by atoms with Gasteiger partial charge < -0.3 is 5.32 Å². The summed E-state index contributed by atoms with van der Waals surface area (Å²) in [4.78, 5) is 0. The van der Waals surface area contributed by atoms with Crippen molar-refractivity contribution in [3.63, 3.8) is 0 Å². The molecule has 1 nitrogen and oxygen atoms in total. The normalized spacial score (nSPS) is 11.8. The number of hydrogen-bond acceptors (Lipinski definition) is 1. The molecule has 0 aliphatic rings. The summed E-state index contributed by atoms with van der Waals surface area (Å²) in [6.07, 6.45) is 1.57. The first-order chi connectivity index (χ1) is 7.37. The lowest BCUT2D eigenvalue weighted by molar-refractivity contribution is 0.422. The van der Waals surface area contributed by atoms with Crippen molar-refractivity contribution in [2.45, 2.75) is 39.2 Å². The zero-order chi connectivity index (χ0) is 12.2. The fourth-order valence-electron chi connectivity index (χ4n) is 1.51. The Kier molecular flexibility index (Phi) is 4.42. The number of hydrogen-bond donors (Lipinski definition) is 1. The van der Waals surface area contributed by atoms with Crippen molar-refractivity contribution in [2.24, 2.45) is 0 Å². The van der Waals surface area contributed by atoms with Gasteiger partial charge in [0.2, 0.25) is 0 Å². The molecule has 0 radical (unpaired) electrons. The average Bonchev–Trinajstić information content (AvgIpc) is 2.09. The van der Waals surface area contributed by atoms with Crippen LogP contribution in [0.3, 0.4) is 0 Å². The van der Waals surface area contributed by atoms with E-state index < -0.39 is 11.6 Å². The number of rotatable bonds is 4. The Morgan fingerprint density at radius 1 is 1.06 bits per heavy atom. The Balaban J connectivity index is 2.37. The van der Waals surface area contributed by atoms with Crippen LogP contribution < -0.4 is 5.32 Å². The topological polar surface area (TPSA) is 12.0 Å². The van der Waals surface area contributed by atoms with Crippen molar-refractivity contribution in [1.82, 2.24) is 5.32 Å². The maximum Gasteiger partial charge on any atom is 0.126 e. The van der Waals surface area contributed by atoms with Crippen LogP contribution in [-0.4, -0.2) is 12.1 Å². The highest BCUT2D eigenvalue weighted by Gasteiger charge is 2.07. The zero-order valence-corrected chi connectivity index (χ0v) is 10.1. The molecular formula is C13H19F2N. The predicted molar refractivity (Wildman–Crippen MR) is 62.4 cm³/mol. The highest BCUT2D eigenvalue weighted by molar-refractivity contribution is 5.17. The van der Waals surface area contributed by atoms with E-state index in [4.69, 9.17) is 0 Å². The van der Waals surface area contributed by atoms with Gasteiger partial charge in [0.15, 0.2) is 0 Å². The van der Waals surface area contributed by atoms with Crippen molar-refractivity contribution in [3.8, 4) is 0 Å². The first kappa shape index (κ1) is 13.1. The highest BCUT2D eigenvalue weighted by Crippen LogP contribution is 2.10. The molecule has 0 atom stereocenters. The second-order valence-corrected chi connectivity index (χ2v) is 5.06. The Morgan fingerprint density at radius 3 is 2.12 bits per heavy atom. The van der Waals surface area contributed by atoms with Gasteiger partial charge in [0, 0.05) is 11.6 Å². The van der Waals surface area contributed by atoms with Crippen LogP contribution in [0.1, 0.15) is 32.8 Å².